The number of rotatable bonds is 10. The van der Waals surface area contributed by atoms with Crippen molar-refractivity contribution in [2.45, 2.75) is 25.8 Å². The number of nitrogens with two attached hydrogens (primary N) is 1. The van der Waals surface area contributed by atoms with Gasteiger partial charge in [-0.1, -0.05) is 41.4 Å². The average Bonchev–Trinajstić information content (AvgIpc) is 2.82. The number of halogens is 1. The van der Waals surface area contributed by atoms with Gasteiger partial charge >= 0.3 is 11.9 Å². The molecular formula is C25H26ClN3O4. The van der Waals surface area contributed by atoms with Crippen LogP contribution in [-0.4, -0.2) is 36.1 Å². The van der Waals surface area contributed by atoms with Crippen LogP contribution in [0.3, 0.4) is 0 Å². The van der Waals surface area contributed by atoms with Crippen LogP contribution in [0.25, 0.3) is 0 Å². The molecule has 0 saturated carbocycles. The van der Waals surface area contributed by atoms with Crippen molar-refractivity contribution in [2.24, 2.45) is 5.73 Å². The number of benzene rings is 2. The molecule has 172 valence electrons. The quantitative estimate of drug-likeness (QED) is 0.262. The van der Waals surface area contributed by atoms with Crippen LogP contribution in [-0.2, 0) is 16.0 Å². The van der Waals surface area contributed by atoms with E-state index >= 15 is 0 Å². The van der Waals surface area contributed by atoms with E-state index in [0.29, 0.717) is 6.61 Å². The lowest BCUT2D eigenvalue weighted by atomic mass is 10.1. The van der Waals surface area contributed by atoms with E-state index in [4.69, 9.17) is 26.8 Å². The minimum absolute atomic E-state index is 0.133. The molecule has 3 rings (SSSR count). The molecule has 1 atom stereocenters. The zero-order valence-corrected chi connectivity index (χ0v) is 19.0. The largest absolute Gasteiger partial charge is 0.494 e. The third kappa shape index (κ3) is 7.59. The van der Waals surface area contributed by atoms with Crippen LogP contribution in [0.1, 0.15) is 27.9 Å². The van der Waals surface area contributed by atoms with E-state index in [1.54, 1.807) is 24.4 Å². The second-order valence-electron chi connectivity index (χ2n) is 7.49. The molecule has 7 nitrogen and oxygen atoms in total. The van der Waals surface area contributed by atoms with Gasteiger partial charge in [0.25, 0.3) is 0 Å². The summed E-state index contributed by atoms with van der Waals surface area (Å²) in [5.41, 5.74) is 7.73. The Kier molecular flexibility index (Phi) is 8.80. The van der Waals surface area contributed by atoms with Crippen LogP contribution in [0, 0.1) is 6.92 Å². The molecular weight excluding hydrogens is 442 g/mol. The van der Waals surface area contributed by atoms with Crippen molar-refractivity contribution in [1.82, 2.24) is 4.98 Å². The SMILES string of the molecule is Cc1ccc(Cl)c(C(=O)OC(=O)[C@@H](N)Cc2ccc(OCCCNc3ccccn3)cc2)c1. The second-order valence-corrected chi connectivity index (χ2v) is 7.90. The summed E-state index contributed by atoms with van der Waals surface area (Å²) < 4.78 is 10.6. The number of nitrogens with one attached hydrogen (secondary N) is 1. The van der Waals surface area contributed by atoms with Gasteiger partial charge in [0.2, 0.25) is 0 Å². The molecule has 1 heterocycles. The molecule has 0 saturated heterocycles. The highest BCUT2D eigenvalue weighted by Gasteiger charge is 2.22. The van der Waals surface area contributed by atoms with Crippen molar-refractivity contribution >= 4 is 29.4 Å². The number of esters is 2. The van der Waals surface area contributed by atoms with Crippen LogP contribution in [0.15, 0.2) is 66.9 Å². The van der Waals surface area contributed by atoms with Crippen LogP contribution in [0.5, 0.6) is 5.75 Å². The number of hydrogen-bond acceptors (Lipinski definition) is 7. The van der Waals surface area contributed by atoms with Gasteiger partial charge in [-0.3, -0.25) is 0 Å². The Morgan fingerprint density at radius 2 is 1.91 bits per heavy atom. The Labute approximate surface area is 197 Å². The first-order valence-corrected chi connectivity index (χ1v) is 10.9. The highest BCUT2D eigenvalue weighted by Crippen LogP contribution is 2.19. The lowest BCUT2D eigenvalue weighted by Crippen LogP contribution is -2.35. The van der Waals surface area contributed by atoms with Gasteiger partial charge in [0.1, 0.15) is 17.6 Å². The number of hydrogen-bond donors (Lipinski definition) is 2. The van der Waals surface area contributed by atoms with Crippen molar-refractivity contribution in [3.8, 4) is 5.75 Å². The van der Waals surface area contributed by atoms with E-state index in [-0.39, 0.29) is 17.0 Å². The summed E-state index contributed by atoms with van der Waals surface area (Å²) in [5.74, 6) is -0.0684. The lowest BCUT2D eigenvalue weighted by Gasteiger charge is -2.12. The minimum atomic E-state index is -0.984. The molecule has 1 aromatic heterocycles. The molecule has 0 aliphatic heterocycles. The van der Waals surface area contributed by atoms with Gasteiger partial charge in [-0.2, -0.15) is 0 Å². The Balaban J connectivity index is 1.41. The molecule has 0 aliphatic rings. The maximum absolute atomic E-state index is 12.3. The van der Waals surface area contributed by atoms with Gasteiger partial charge in [0, 0.05) is 12.7 Å². The van der Waals surface area contributed by atoms with Crippen LogP contribution < -0.4 is 15.8 Å². The fourth-order valence-electron chi connectivity index (χ4n) is 3.02. The fraction of sp³-hybridized carbons (Fsp3) is 0.240. The van der Waals surface area contributed by atoms with Crippen molar-refractivity contribution < 1.29 is 19.1 Å². The van der Waals surface area contributed by atoms with Gasteiger partial charge in [-0.05, 0) is 61.7 Å². The maximum Gasteiger partial charge on any atom is 0.347 e. The van der Waals surface area contributed by atoms with E-state index in [9.17, 15) is 9.59 Å². The number of pyridine rings is 1. The second kappa shape index (κ2) is 12.0. The predicted octanol–water partition coefficient (Wildman–Crippen LogP) is 4.18. The molecule has 3 N–H and O–H groups in total. The standard InChI is InChI=1S/C25H26ClN3O4/c1-17-6-11-21(26)20(15-17)24(30)33-25(31)22(27)16-18-7-9-19(10-8-18)32-14-4-13-29-23-5-2-3-12-28-23/h2-3,5-12,15,22H,4,13-14,16,27H2,1H3,(H,28,29)/t22-/m0/s1. The molecule has 0 radical (unpaired) electrons. The molecule has 3 aromatic rings. The first-order chi connectivity index (χ1) is 15.9. The highest BCUT2D eigenvalue weighted by atomic mass is 35.5. The zero-order chi connectivity index (χ0) is 23.6. The van der Waals surface area contributed by atoms with Crippen LogP contribution in [0.2, 0.25) is 5.02 Å². The Bertz CT molecular complexity index is 1070. The molecule has 0 spiro atoms. The van der Waals surface area contributed by atoms with Gasteiger partial charge in [0.15, 0.2) is 0 Å². The van der Waals surface area contributed by atoms with Gasteiger partial charge in [-0.25, -0.2) is 14.6 Å². The summed E-state index contributed by atoms with van der Waals surface area (Å²) in [6.45, 7) is 3.11. The Morgan fingerprint density at radius 1 is 1.12 bits per heavy atom. The summed E-state index contributed by atoms with van der Waals surface area (Å²) in [6.07, 6.45) is 2.78. The minimum Gasteiger partial charge on any atom is -0.494 e. The van der Waals surface area contributed by atoms with Crippen molar-refractivity contribution in [1.29, 1.82) is 0 Å². The number of carbonyl (C=O) groups excluding carboxylic acids is 2. The maximum atomic E-state index is 12.3. The zero-order valence-electron chi connectivity index (χ0n) is 18.3. The number of carbonyl (C=O) groups is 2. The predicted molar refractivity (Wildman–Crippen MR) is 128 cm³/mol. The number of nitrogens with zero attached hydrogens (tertiary/aromatic N) is 1. The van der Waals surface area contributed by atoms with Gasteiger partial charge in [0.05, 0.1) is 17.2 Å². The third-order valence-electron chi connectivity index (χ3n) is 4.78. The van der Waals surface area contributed by atoms with Crippen molar-refractivity contribution in [2.75, 3.05) is 18.5 Å². The van der Waals surface area contributed by atoms with Gasteiger partial charge in [-0.15, -0.1) is 0 Å². The molecule has 0 aliphatic carbocycles. The average molecular weight is 468 g/mol. The number of aromatic nitrogens is 1. The fourth-order valence-corrected chi connectivity index (χ4v) is 3.22. The molecule has 0 amide bonds. The first kappa shape index (κ1) is 24.2. The summed E-state index contributed by atoms with van der Waals surface area (Å²) in [7, 11) is 0. The third-order valence-corrected chi connectivity index (χ3v) is 5.11. The molecule has 0 bridgehead atoms. The van der Waals surface area contributed by atoms with Gasteiger partial charge < -0.3 is 20.5 Å². The van der Waals surface area contributed by atoms with E-state index < -0.39 is 18.0 Å². The Morgan fingerprint density at radius 3 is 2.64 bits per heavy atom. The van der Waals surface area contributed by atoms with Crippen LogP contribution >= 0.6 is 11.6 Å². The topological polar surface area (TPSA) is 104 Å². The molecule has 0 fully saturated rings. The Hall–Kier alpha value is -3.42. The molecule has 0 unspecified atom stereocenters. The summed E-state index contributed by atoms with van der Waals surface area (Å²) >= 11 is 6.02. The molecule has 8 heteroatoms. The normalized spacial score (nSPS) is 11.5. The number of anilines is 1. The molecule has 2 aromatic carbocycles. The summed E-state index contributed by atoms with van der Waals surface area (Å²) in [4.78, 5) is 28.7. The summed E-state index contributed by atoms with van der Waals surface area (Å²) in [6, 6.07) is 16.9. The van der Waals surface area contributed by atoms with E-state index in [1.807, 2.05) is 49.4 Å². The number of aryl methyl sites for hydroxylation is 1. The van der Waals surface area contributed by atoms with Crippen LogP contribution in [0.4, 0.5) is 5.82 Å². The van der Waals surface area contributed by atoms with E-state index in [1.165, 1.54) is 0 Å². The molecule has 33 heavy (non-hydrogen) atoms. The first-order valence-electron chi connectivity index (χ1n) is 10.6. The smallest absolute Gasteiger partial charge is 0.347 e. The number of ether oxygens (including phenoxy) is 2. The van der Waals surface area contributed by atoms with E-state index in [2.05, 4.69) is 10.3 Å². The monoisotopic (exact) mass is 467 g/mol. The van der Waals surface area contributed by atoms with Crippen molar-refractivity contribution in [3.63, 3.8) is 0 Å². The lowest BCUT2D eigenvalue weighted by molar-refractivity contribution is -0.139. The highest BCUT2D eigenvalue weighted by molar-refractivity contribution is 6.33. The van der Waals surface area contributed by atoms with E-state index in [0.717, 1.165) is 35.7 Å². The summed E-state index contributed by atoms with van der Waals surface area (Å²) in [5, 5.41) is 3.44. The van der Waals surface area contributed by atoms with Crippen molar-refractivity contribution in [3.05, 3.63) is 88.6 Å².